The third-order valence-electron chi connectivity index (χ3n) is 1.96. The molecule has 1 unspecified atom stereocenters. The molecule has 0 aliphatic heterocycles. The fraction of sp³-hybridized carbons (Fsp3) is 0.455. The summed E-state index contributed by atoms with van der Waals surface area (Å²) in [7, 11) is 0. The summed E-state index contributed by atoms with van der Waals surface area (Å²) in [5.41, 5.74) is 0.168. The summed E-state index contributed by atoms with van der Waals surface area (Å²) in [5.74, 6) is -1.72. The van der Waals surface area contributed by atoms with Crippen LogP contribution < -0.4 is 0 Å². The first kappa shape index (κ1) is 17.3. The molecule has 0 saturated carbocycles. The average Bonchev–Trinajstić information content (AvgIpc) is 2.22. The predicted molar refractivity (Wildman–Crippen MR) is 71.0 cm³/mol. The van der Waals surface area contributed by atoms with Crippen molar-refractivity contribution < 1.29 is 19.4 Å². The molecular weight excluding hydrogens is 302 g/mol. The number of esters is 1. The first-order valence-corrected chi connectivity index (χ1v) is 6.23. The van der Waals surface area contributed by atoms with Crippen LogP contribution in [0.5, 0.6) is 0 Å². The topological polar surface area (TPSA) is 63.6 Å². The van der Waals surface area contributed by atoms with Crippen molar-refractivity contribution in [3.8, 4) is 0 Å². The lowest BCUT2D eigenvalue weighted by molar-refractivity contribution is -0.139. The summed E-state index contributed by atoms with van der Waals surface area (Å²) >= 11 is 16.7. The Balaban J connectivity index is 4.33. The van der Waals surface area contributed by atoms with Gasteiger partial charge in [0.1, 0.15) is 4.49 Å². The summed E-state index contributed by atoms with van der Waals surface area (Å²) in [5, 5.41) is 7.92. The Kier molecular flexibility index (Phi) is 8.07. The minimum atomic E-state index is -1.01. The zero-order valence-corrected chi connectivity index (χ0v) is 12.1. The highest BCUT2D eigenvalue weighted by Crippen LogP contribution is 2.22. The number of carbonyl (C=O) groups is 2. The number of ether oxygens (including phenoxy) is 1. The first-order valence-electron chi connectivity index (χ1n) is 5.03. The van der Waals surface area contributed by atoms with Crippen LogP contribution in [-0.2, 0) is 14.3 Å². The number of rotatable bonds is 6. The zero-order valence-electron chi connectivity index (χ0n) is 9.87. The smallest absolute Gasteiger partial charge is 0.337 e. The van der Waals surface area contributed by atoms with E-state index in [4.69, 9.17) is 44.6 Å². The van der Waals surface area contributed by atoms with E-state index in [1.807, 2.05) is 0 Å². The maximum Gasteiger partial charge on any atom is 0.337 e. The van der Waals surface area contributed by atoms with Gasteiger partial charge < -0.3 is 9.84 Å². The Morgan fingerprint density at radius 2 is 1.94 bits per heavy atom. The van der Waals surface area contributed by atoms with Gasteiger partial charge in [0.15, 0.2) is 0 Å². The Morgan fingerprint density at radius 1 is 1.39 bits per heavy atom. The van der Waals surface area contributed by atoms with Crippen LogP contribution in [0.4, 0.5) is 0 Å². The van der Waals surface area contributed by atoms with E-state index in [-0.39, 0.29) is 28.7 Å². The highest BCUT2D eigenvalue weighted by molar-refractivity contribution is 6.57. The van der Waals surface area contributed by atoms with Gasteiger partial charge in [-0.15, -0.1) is 11.6 Å². The monoisotopic (exact) mass is 314 g/mol. The lowest BCUT2D eigenvalue weighted by atomic mass is 10.2. The van der Waals surface area contributed by atoms with Crippen molar-refractivity contribution in [1.82, 2.24) is 0 Å². The molecule has 1 atom stereocenters. The van der Waals surface area contributed by atoms with Gasteiger partial charge in [-0.25, -0.2) is 9.59 Å². The maximum atomic E-state index is 11.5. The molecule has 0 aromatic heterocycles. The fourth-order valence-electron chi connectivity index (χ4n) is 0.982. The molecule has 0 fully saturated rings. The van der Waals surface area contributed by atoms with Gasteiger partial charge in [0, 0.05) is 12.0 Å². The average molecular weight is 316 g/mol. The van der Waals surface area contributed by atoms with E-state index in [0.29, 0.717) is 0 Å². The molecule has 0 heterocycles. The lowest BCUT2D eigenvalue weighted by Gasteiger charge is -2.09. The van der Waals surface area contributed by atoms with Gasteiger partial charge in [0.05, 0.1) is 17.6 Å². The number of halogens is 3. The Hall–Kier alpha value is -0.710. The van der Waals surface area contributed by atoms with E-state index in [9.17, 15) is 9.59 Å². The van der Waals surface area contributed by atoms with Crippen LogP contribution in [0, 0.1) is 0 Å². The van der Waals surface area contributed by atoms with Crippen molar-refractivity contribution in [2.45, 2.75) is 25.6 Å². The second kappa shape index (κ2) is 8.40. The van der Waals surface area contributed by atoms with Crippen LogP contribution in [0.2, 0.25) is 0 Å². The number of carboxylic acids is 1. The number of carboxylic acid groups (broad SMARTS) is 1. The molecule has 0 amide bonds. The highest BCUT2D eigenvalue weighted by Gasteiger charge is 2.20. The van der Waals surface area contributed by atoms with Crippen molar-refractivity contribution in [3.63, 3.8) is 0 Å². The Morgan fingerprint density at radius 3 is 2.33 bits per heavy atom. The third kappa shape index (κ3) is 6.28. The normalized spacial score (nSPS) is 12.8. The molecule has 18 heavy (non-hydrogen) atoms. The van der Waals surface area contributed by atoms with E-state index >= 15 is 0 Å². The summed E-state index contributed by atoms with van der Waals surface area (Å²) in [6.45, 7) is 3.01. The molecule has 7 heteroatoms. The minimum absolute atomic E-state index is 0.0149. The zero-order chi connectivity index (χ0) is 14.3. The van der Waals surface area contributed by atoms with Crippen LogP contribution in [-0.4, -0.2) is 29.0 Å². The second-order valence-electron chi connectivity index (χ2n) is 3.41. The Labute approximate surface area is 120 Å². The summed E-state index contributed by atoms with van der Waals surface area (Å²) < 4.78 is 4.63. The van der Waals surface area contributed by atoms with Gasteiger partial charge in [-0.3, -0.25) is 0 Å². The summed E-state index contributed by atoms with van der Waals surface area (Å²) in [6, 6.07) is 0. The van der Waals surface area contributed by atoms with Crippen molar-refractivity contribution in [2.75, 3.05) is 6.61 Å². The van der Waals surface area contributed by atoms with Gasteiger partial charge in [0.2, 0.25) is 0 Å². The van der Waals surface area contributed by atoms with Gasteiger partial charge in [-0.2, -0.15) is 0 Å². The maximum absolute atomic E-state index is 11.5. The molecule has 4 nitrogen and oxygen atoms in total. The molecule has 0 aromatic rings. The molecule has 0 aliphatic carbocycles. The van der Waals surface area contributed by atoms with Crippen molar-refractivity contribution in [1.29, 1.82) is 0 Å². The third-order valence-corrected chi connectivity index (χ3v) is 2.59. The molecule has 0 rings (SSSR count). The largest absolute Gasteiger partial charge is 0.478 e. The van der Waals surface area contributed by atoms with E-state index in [1.54, 1.807) is 0 Å². The molecule has 0 aliphatic rings. The van der Waals surface area contributed by atoms with E-state index in [1.165, 1.54) is 19.9 Å². The van der Waals surface area contributed by atoms with Crippen LogP contribution >= 0.6 is 34.8 Å². The van der Waals surface area contributed by atoms with E-state index in [0.717, 1.165) is 0 Å². The lowest BCUT2D eigenvalue weighted by Crippen LogP contribution is -2.15. The van der Waals surface area contributed by atoms with Crippen LogP contribution in [0.1, 0.15) is 20.3 Å². The van der Waals surface area contributed by atoms with Crippen molar-refractivity contribution >= 4 is 46.7 Å². The predicted octanol–water partition coefficient (Wildman–Crippen LogP) is 3.27. The minimum Gasteiger partial charge on any atom is -0.478 e. The summed E-state index contributed by atoms with van der Waals surface area (Å²) in [4.78, 5) is 22.0. The molecule has 1 N–H and O–H groups in total. The van der Waals surface area contributed by atoms with E-state index in [2.05, 4.69) is 0 Å². The first-order chi connectivity index (χ1) is 8.27. The van der Waals surface area contributed by atoms with Crippen molar-refractivity contribution in [3.05, 3.63) is 21.7 Å². The van der Waals surface area contributed by atoms with Gasteiger partial charge >= 0.3 is 11.9 Å². The standard InChI is InChI=1S/C11H13Cl3O4/c1-6(10(15)16)4-3-5-18-11(17)8(7(2)12)9(13)14/h4,7H,3,5H2,1-2H3,(H,15,16). The van der Waals surface area contributed by atoms with Crippen LogP contribution in [0.25, 0.3) is 0 Å². The number of alkyl halides is 1. The van der Waals surface area contributed by atoms with Gasteiger partial charge in [-0.1, -0.05) is 29.3 Å². The molecule has 0 spiro atoms. The summed E-state index contributed by atoms with van der Waals surface area (Å²) in [6.07, 6.45) is 1.74. The van der Waals surface area contributed by atoms with Crippen molar-refractivity contribution in [2.24, 2.45) is 0 Å². The van der Waals surface area contributed by atoms with Gasteiger partial charge in [0.25, 0.3) is 0 Å². The molecule has 0 saturated heterocycles. The van der Waals surface area contributed by atoms with Crippen LogP contribution in [0.3, 0.4) is 0 Å². The van der Waals surface area contributed by atoms with Gasteiger partial charge in [-0.05, 0) is 13.8 Å². The molecule has 0 radical (unpaired) electrons. The number of carbonyl (C=O) groups excluding carboxylic acids is 1. The van der Waals surface area contributed by atoms with Crippen LogP contribution in [0.15, 0.2) is 21.7 Å². The highest BCUT2D eigenvalue weighted by atomic mass is 35.5. The number of aliphatic carboxylic acids is 1. The number of hydrogen-bond acceptors (Lipinski definition) is 3. The molecule has 0 bridgehead atoms. The number of hydrogen-bond donors (Lipinski definition) is 1. The molecule has 102 valence electrons. The quantitative estimate of drug-likeness (QED) is 0.354. The molecular formula is C11H13Cl3O4. The second-order valence-corrected chi connectivity index (χ2v) is 5.01. The Bertz CT molecular complexity index is 382. The fourth-order valence-corrected chi connectivity index (χ4v) is 1.77. The SMILES string of the molecule is CC(=CCCOC(=O)C(=C(Cl)Cl)C(C)Cl)C(=O)O. The molecule has 0 aromatic carbocycles. The van der Waals surface area contributed by atoms with E-state index < -0.39 is 17.3 Å².